The molecular formula is C15H16P. The van der Waals surface area contributed by atoms with Gasteiger partial charge in [-0.1, -0.05) is 43.2 Å². The van der Waals surface area contributed by atoms with Gasteiger partial charge in [0.05, 0.1) is 0 Å². The molecule has 1 heterocycles. The molecule has 1 fully saturated rings. The van der Waals surface area contributed by atoms with Gasteiger partial charge in [-0.2, -0.15) is 0 Å². The third-order valence-electron chi connectivity index (χ3n) is 3.50. The molecule has 1 aromatic carbocycles. The van der Waals surface area contributed by atoms with Crippen LogP contribution in [0, 0.1) is 6.07 Å². The molecule has 0 N–H and O–H groups in total. The van der Waals surface area contributed by atoms with Crippen LogP contribution < -0.4 is 0 Å². The third-order valence-corrected chi connectivity index (χ3v) is 5.02. The lowest BCUT2D eigenvalue weighted by Crippen LogP contribution is -1.84. The van der Waals surface area contributed by atoms with Crippen molar-refractivity contribution in [3.05, 3.63) is 47.8 Å². The number of benzene rings is 1. The summed E-state index contributed by atoms with van der Waals surface area (Å²) in [6.07, 6.45) is 5.66. The highest BCUT2D eigenvalue weighted by Crippen LogP contribution is 2.42. The first-order chi connectivity index (χ1) is 7.93. The van der Waals surface area contributed by atoms with Crippen LogP contribution in [-0.4, -0.2) is 0 Å². The predicted octanol–water partition coefficient (Wildman–Crippen LogP) is 4.84. The molecule has 1 saturated carbocycles. The van der Waals surface area contributed by atoms with Crippen LogP contribution in [0.4, 0.5) is 0 Å². The summed E-state index contributed by atoms with van der Waals surface area (Å²) >= 11 is 0. The molecule has 81 valence electrons. The van der Waals surface area contributed by atoms with E-state index in [4.69, 9.17) is 0 Å². The van der Waals surface area contributed by atoms with Gasteiger partial charge in [-0.25, -0.2) is 0 Å². The quantitative estimate of drug-likeness (QED) is 0.688. The molecule has 0 nitrogen and oxygen atoms in total. The van der Waals surface area contributed by atoms with Crippen molar-refractivity contribution in [2.24, 2.45) is 0 Å². The summed E-state index contributed by atoms with van der Waals surface area (Å²) in [4.78, 5) is 0. The monoisotopic (exact) mass is 227 g/mol. The Labute approximate surface area is 98.8 Å². The van der Waals surface area contributed by atoms with E-state index in [9.17, 15) is 0 Å². The molecule has 1 aromatic heterocycles. The van der Waals surface area contributed by atoms with Crippen LogP contribution in [0.5, 0.6) is 0 Å². The fourth-order valence-electron chi connectivity index (χ4n) is 2.58. The topological polar surface area (TPSA) is 0 Å². The van der Waals surface area contributed by atoms with Crippen molar-refractivity contribution in [1.82, 2.24) is 0 Å². The largest absolute Gasteiger partial charge is 0.127 e. The average Bonchev–Trinajstić information content (AvgIpc) is 3.01. The lowest BCUT2D eigenvalue weighted by molar-refractivity contribution is 0.738. The van der Waals surface area contributed by atoms with E-state index < -0.39 is 0 Å². The molecule has 1 radical (unpaired) electrons. The highest BCUT2D eigenvalue weighted by molar-refractivity contribution is 7.35. The Hall–Kier alpha value is -1.00. The zero-order chi connectivity index (χ0) is 10.8. The zero-order valence-electron chi connectivity index (χ0n) is 9.37. The van der Waals surface area contributed by atoms with Crippen LogP contribution in [0.25, 0.3) is 10.9 Å². The van der Waals surface area contributed by atoms with Crippen molar-refractivity contribution in [3.8, 4) is 10.9 Å². The van der Waals surface area contributed by atoms with Gasteiger partial charge in [0.25, 0.3) is 0 Å². The minimum absolute atomic E-state index is 0.868. The van der Waals surface area contributed by atoms with Crippen molar-refractivity contribution in [2.75, 3.05) is 0 Å². The van der Waals surface area contributed by atoms with Crippen molar-refractivity contribution < 1.29 is 0 Å². The predicted molar refractivity (Wildman–Crippen MR) is 71.4 cm³/mol. The van der Waals surface area contributed by atoms with E-state index in [1.165, 1.54) is 36.5 Å². The minimum Gasteiger partial charge on any atom is -0.127 e. The fraction of sp³-hybridized carbons (Fsp3) is 0.333. The van der Waals surface area contributed by atoms with Crippen molar-refractivity contribution in [2.45, 2.75) is 31.6 Å². The summed E-state index contributed by atoms with van der Waals surface area (Å²) in [5.41, 5.74) is 1.35. The van der Waals surface area contributed by atoms with E-state index in [-0.39, 0.29) is 0 Å². The summed E-state index contributed by atoms with van der Waals surface area (Å²) in [6, 6.07) is 16.4. The van der Waals surface area contributed by atoms with Crippen molar-refractivity contribution >= 4 is 8.19 Å². The van der Waals surface area contributed by atoms with Gasteiger partial charge in [-0.3, -0.25) is 0 Å². The highest BCUT2D eigenvalue weighted by Gasteiger charge is 2.18. The average molecular weight is 227 g/mol. The Kier molecular flexibility index (Phi) is 2.84. The summed E-state index contributed by atoms with van der Waals surface area (Å²) in [5, 5.41) is 3.05. The SMILES string of the molecule is [c]1cc(C2CCCC2)[pH]c1-c1ccccc1. The van der Waals surface area contributed by atoms with E-state index in [1.807, 2.05) is 0 Å². The second kappa shape index (κ2) is 4.47. The second-order valence-electron chi connectivity index (χ2n) is 4.59. The highest BCUT2D eigenvalue weighted by atomic mass is 31.0. The number of hydrogen-bond donors (Lipinski definition) is 0. The van der Waals surface area contributed by atoms with Crippen LogP contribution in [0.3, 0.4) is 0 Å². The molecule has 0 aliphatic heterocycles. The molecule has 0 bridgehead atoms. The molecule has 1 unspecified atom stereocenters. The molecule has 1 aliphatic carbocycles. The summed E-state index contributed by atoms with van der Waals surface area (Å²) < 4.78 is 0. The van der Waals surface area contributed by atoms with Gasteiger partial charge in [0, 0.05) is 5.30 Å². The smallest absolute Gasteiger partial charge is 0.00632 e. The first kappa shape index (κ1) is 10.2. The third kappa shape index (κ3) is 1.95. The number of hydrogen-bond acceptors (Lipinski definition) is 0. The lowest BCUT2D eigenvalue weighted by atomic mass is 10.1. The molecular weight excluding hydrogens is 211 g/mol. The second-order valence-corrected chi connectivity index (χ2v) is 5.92. The van der Waals surface area contributed by atoms with Gasteiger partial charge >= 0.3 is 0 Å². The maximum atomic E-state index is 3.47. The minimum atomic E-state index is 0.868. The van der Waals surface area contributed by atoms with E-state index in [0.717, 1.165) is 14.1 Å². The van der Waals surface area contributed by atoms with E-state index in [0.29, 0.717) is 0 Å². The summed E-state index contributed by atoms with van der Waals surface area (Å²) in [5.74, 6) is 0.868. The Morgan fingerprint density at radius 2 is 1.81 bits per heavy atom. The molecule has 0 spiro atoms. The normalized spacial score (nSPS) is 17.2. The zero-order valence-corrected chi connectivity index (χ0v) is 10.4. The molecule has 3 rings (SSSR count). The van der Waals surface area contributed by atoms with Crippen molar-refractivity contribution in [3.63, 3.8) is 0 Å². The first-order valence-corrected chi connectivity index (χ1v) is 7.09. The number of rotatable bonds is 2. The van der Waals surface area contributed by atoms with Crippen LogP contribution in [0.1, 0.15) is 36.9 Å². The molecule has 0 saturated heterocycles. The molecule has 0 amide bonds. The van der Waals surface area contributed by atoms with Gasteiger partial charge in [0.2, 0.25) is 0 Å². The molecule has 1 atom stereocenters. The van der Waals surface area contributed by atoms with Gasteiger partial charge in [-0.05, 0) is 41.8 Å². The first-order valence-electron chi connectivity index (χ1n) is 6.09. The van der Waals surface area contributed by atoms with E-state index in [2.05, 4.69) is 42.5 Å². The van der Waals surface area contributed by atoms with Crippen LogP contribution in [0.2, 0.25) is 0 Å². The van der Waals surface area contributed by atoms with Gasteiger partial charge < -0.3 is 0 Å². The Morgan fingerprint density at radius 3 is 2.56 bits per heavy atom. The molecule has 1 aliphatic rings. The molecule has 1 heteroatoms. The van der Waals surface area contributed by atoms with Crippen LogP contribution in [0.15, 0.2) is 36.4 Å². The Balaban J connectivity index is 1.87. The van der Waals surface area contributed by atoms with Gasteiger partial charge in [0.1, 0.15) is 0 Å². The van der Waals surface area contributed by atoms with Gasteiger partial charge in [-0.15, -0.1) is 8.19 Å². The molecule has 2 aromatic rings. The van der Waals surface area contributed by atoms with Crippen LogP contribution >= 0.6 is 8.19 Å². The standard InChI is InChI=1S/C15H16P/c1-2-6-12(7-3-1)14-10-11-15(16-14)13-8-4-5-9-13/h1-3,6-7,11,13,16H,4-5,8-9H2. The maximum Gasteiger partial charge on any atom is 0.00632 e. The Morgan fingerprint density at radius 1 is 1.06 bits per heavy atom. The Bertz CT molecular complexity index is 449. The van der Waals surface area contributed by atoms with E-state index in [1.54, 1.807) is 5.30 Å². The van der Waals surface area contributed by atoms with Crippen LogP contribution in [-0.2, 0) is 0 Å². The fourth-order valence-corrected chi connectivity index (χ4v) is 3.96. The molecule has 16 heavy (non-hydrogen) atoms. The van der Waals surface area contributed by atoms with E-state index >= 15 is 0 Å². The van der Waals surface area contributed by atoms with Crippen molar-refractivity contribution in [1.29, 1.82) is 0 Å². The maximum absolute atomic E-state index is 3.47. The van der Waals surface area contributed by atoms with Gasteiger partial charge in [0.15, 0.2) is 0 Å². The summed E-state index contributed by atoms with van der Waals surface area (Å²) in [6.45, 7) is 0. The summed E-state index contributed by atoms with van der Waals surface area (Å²) in [7, 11) is 0.869. The lowest BCUT2D eigenvalue weighted by Gasteiger charge is -2.05.